The lowest BCUT2D eigenvalue weighted by Gasteiger charge is -2.04. The molecule has 0 amide bonds. The topological polar surface area (TPSA) is 85.1 Å². The normalized spacial score (nSPS) is 11.7. The van der Waals surface area contributed by atoms with Crippen LogP contribution in [0.2, 0.25) is 0 Å². The molecule has 5 nitrogen and oxygen atoms in total. The molecule has 0 fully saturated rings. The molecule has 108 valence electrons. The van der Waals surface area contributed by atoms with Gasteiger partial charge in [0.05, 0.1) is 15.1 Å². The molecule has 0 atom stereocenters. The molecule has 0 saturated carbocycles. The first-order valence-corrected chi connectivity index (χ1v) is 8.55. The summed E-state index contributed by atoms with van der Waals surface area (Å²) in [6.45, 7) is 2.02. The zero-order valence-electron chi connectivity index (χ0n) is 11.2. The number of nitrogens with zero attached hydrogens (tertiary/aromatic N) is 1. The number of fused-ring (bicyclic) bond motifs is 1. The van der Waals surface area contributed by atoms with Crippen molar-refractivity contribution in [1.29, 1.82) is 0 Å². The second-order valence-corrected chi connectivity index (χ2v) is 7.28. The molecule has 2 aromatic carbocycles. The van der Waals surface area contributed by atoms with Gasteiger partial charge in [-0.2, -0.15) is 0 Å². The van der Waals surface area contributed by atoms with E-state index < -0.39 is 10.0 Å². The van der Waals surface area contributed by atoms with Crippen LogP contribution in [0.25, 0.3) is 10.2 Å². The van der Waals surface area contributed by atoms with Crippen molar-refractivity contribution >= 4 is 42.4 Å². The highest BCUT2D eigenvalue weighted by atomic mass is 32.2. The summed E-state index contributed by atoms with van der Waals surface area (Å²) in [6.07, 6.45) is 0. The van der Waals surface area contributed by atoms with Crippen molar-refractivity contribution in [2.45, 2.75) is 11.8 Å². The Hall–Kier alpha value is -1.96. The summed E-state index contributed by atoms with van der Waals surface area (Å²) in [5, 5.41) is 8.95. The highest BCUT2D eigenvalue weighted by Crippen LogP contribution is 2.29. The molecule has 0 spiro atoms. The number of hydrogen-bond acceptors (Lipinski definition) is 5. The van der Waals surface area contributed by atoms with Gasteiger partial charge >= 0.3 is 0 Å². The third kappa shape index (κ3) is 3.05. The number of rotatable bonds is 3. The third-order valence-electron chi connectivity index (χ3n) is 2.96. The van der Waals surface area contributed by atoms with E-state index in [0.29, 0.717) is 10.8 Å². The Morgan fingerprint density at radius 3 is 2.76 bits per heavy atom. The van der Waals surface area contributed by atoms with E-state index in [1.54, 1.807) is 12.1 Å². The summed E-state index contributed by atoms with van der Waals surface area (Å²) in [5.74, 6) is 0. The van der Waals surface area contributed by atoms with Gasteiger partial charge in [-0.1, -0.05) is 23.5 Å². The van der Waals surface area contributed by atoms with Crippen LogP contribution in [-0.4, -0.2) is 13.4 Å². The number of aryl methyl sites for hydroxylation is 1. The van der Waals surface area contributed by atoms with Gasteiger partial charge in [-0.3, -0.25) is 0 Å². The molecule has 0 bridgehead atoms. The molecule has 7 heteroatoms. The molecule has 0 aliphatic heterocycles. The van der Waals surface area contributed by atoms with Crippen LogP contribution in [0.4, 0.5) is 10.8 Å². The van der Waals surface area contributed by atoms with Gasteiger partial charge < -0.3 is 5.32 Å². The lowest BCUT2D eigenvalue weighted by atomic mass is 10.2. The number of hydrogen-bond donors (Lipinski definition) is 2. The third-order valence-corrected chi connectivity index (χ3v) is 4.82. The summed E-state index contributed by atoms with van der Waals surface area (Å²) < 4.78 is 23.8. The first kappa shape index (κ1) is 14.0. The van der Waals surface area contributed by atoms with Gasteiger partial charge in [0.1, 0.15) is 0 Å². The number of anilines is 2. The monoisotopic (exact) mass is 319 g/mol. The van der Waals surface area contributed by atoms with Crippen LogP contribution >= 0.6 is 11.3 Å². The second kappa shape index (κ2) is 5.10. The first-order valence-electron chi connectivity index (χ1n) is 6.19. The molecular weight excluding hydrogens is 306 g/mol. The quantitative estimate of drug-likeness (QED) is 0.777. The van der Waals surface area contributed by atoms with Crippen LogP contribution in [0.5, 0.6) is 0 Å². The van der Waals surface area contributed by atoms with Crippen LogP contribution < -0.4 is 10.5 Å². The van der Waals surface area contributed by atoms with Gasteiger partial charge in [-0.05, 0) is 42.8 Å². The molecule has 1 heterocycles. The summed E-state index contributed by atoms with van der Waals surface area (Å²) in [4.78, 5) is 4.56. The van der Waals surface area contributed by atoms with E-state index in [4.69, 9.17) is 5.14 Å². The Morgan fingerprint density at radius 2 is 2.00 bits per heavy atom. The SMILES string of the molecule is Cc1ccc2sc(Nc3cccc(S(N)(=O)=O)c3)nc2c1. The van der Waals surface area contributed by atoms with Crippen LogP contribution in [-0.2, 0) is 10.0 Å². The van der Waals surface area contributed by atoms with Crippen molar-refractivity contribution in [1.82, 2.24) is 4.98 Å². The van der Waals surface area contributed by atoms with Crippen molar-refractivity contribution in [3.05, 3.63) is 48.0 Å². The van der Waals surface area contributed by atoms with Crippen LogP contribution in [0.15, 0.2) is 47.4 Å². The molecule has 1 aromatic heterocycles. The fraction of sp³-hybridized carbons (Fsp3) is 0.0714. The summed E-state index contributed by atoms with van der Waals surface area (Å²) in [7, 11) is -3.70. The van der Waals surface area contributed by atoms with Crippen LogP contribution in [0, 0.1) is 6.92 Å². The Kier molecular flexibility index (Phi) is 3.40. The van der Waals surface area contributed by atoms with Crippen LogP contribution in [0.3, 0.4) is 0 Å². The molecule has 0 unspecified atom stereocenters. The van der Waals surface area contributed by atoms with Gasteiger partial charge in [0.25, 0.3) is 0 Å². The van der Waals surface area contributed by atoms with E-state index in [1.165, 1.54) is 23.5 Å². The molecule has 0 aliphatic carbocycles. The number of nitrogens with one attached hydrogen (secondary N) is 1. The molecule has 3 rings (SSSR count). The highest BCUT2D eigenvalue weighted by molar-refractivity contribution is 7.89. The van der Waals surface area contributed by atoms with Crippen molar-refractivity contribution in [2.75, 3.05) is 5.32 Å². The average Bonchev–Trinajstić information content (AvgIpc) is 2.79. The number of primary sulfonamides is 1. The number of thiazole rings is 1. The van der Waals surface area contributed by atoms with E-state index in [0.717, 1.165) is 15.8 Å². The largest absolute Gasteiger partial charge is 0.331 e. The lowest BCUT2D eigenvalue weighted by Crippen LogP contribution is -2.12. The Balaban J connectivity index is 1.95. The maximum Gasteiger partial charge on any atom is 0.238 e. The predicted molar refractivity (Wildman–Crippen MR) is 85.5 cm³/mol. The van der Waals surface area contributed by atoms with E-state index in [9.17, 15) is 8.42 Å². The fourth-order valence-electron chi connectivity index (χ4n) is 1.97. The van der Waals surface area contributed by atoms with E-state index in [2.05, 4.69) is 10.3 Å². The second-order valence-electron chi connectivity index (χ2n) is 4.69. The Morgan fingerprint density at radius 1 is 1.19 bits per heavy atom. The minimum atomic E-state index is -3.70. The molecule has 3 N–H and O–H groups in total. The Labute approximate surface area is 126 Å². The minimum Gasteiger partial charge on any atom is -0.331 e. The van der Waals surface area contributed by atoms with Crippen molar-refractivity contribution in [2.24, 2.45) is 5.14 Å². The molecule has 21 heavy (non-hydrogen) atoms. The number of aromatic nitrogens is 1. The molecule has 3 aromatic rings. The zero-order valence-corrected chi connectivity index (χ0v) is 12.8. The van der Waals surface area contributed by atoms with Gasteiger partial charge in [-0.25, -0.2) is 18.5 Å². The summed E-state index contributed by atoms with van der Waals surface area (Å²) >= 11 is 1.51. The first-order chi connectivity index (χ1) is 9.91. The maximum atomic E-state index is 11.4. The predicted octanol–water partition coefficient (Wildman–Crippen LogP) is 3.00. The van der Waals surface area contributed by atoms with Crippen molar-refractivity contribution in [3.63, 3.8) is 0 Å². The number of sulfonamides is 1. The number of nitrogens with two attached hydrogens (primary N) is 1. The van der Waals surface area contributed by atoms with E-state index in [1.807, 2.05) is 25.1 Å². The highest BCUT2D eigenvalue weighted by Gasteiger charge is 2.09. The standard InChI is InChI=1S/C14H13N3O2S2/c1-9-5-6-13-12(7-9)17-14(20-13)16-10-3-2-4-11(8-10)21(15,18)19/h2-8H,1H3,(H,16,17)(H2,15,18,19). The van der Waals surface area contributed by atoms with Gasteiger partial charge in [0.2, 0.25) is 10.0 Å². The zero-order chi connectivity index (χ0) is 15.0. The van der Waals surface area contributed by atoms with E-state index in [-0.39, 0.29) is 4.90 Å². The molecular formula is C14H13N3O2S2. The number of benzene rings is 2. The summed E-state index contributed by atoms with van der Waals surface area (Å²) in [5.41, 5.74) is 2.71. The van der Waals surface area contributed by atoms with E-state index >= 15 is 0 Å². The molecule has 0 aliphatic rings. The molecule has 0 radical (unpaired) electrons. The molecule has 0 saturated heterocycles. The fourth-order valence-corrected chi connectivity index (χ4v) is 3.39. The van der Waals surface area contributed by atoms with Crippen molar-refractivity contribution < 1.29 is 8.42 Å². The average molecular weight is 319 g/mol. The van der Waals surface area contributed by atoms with Crippen molar-refractivity contribution in [3.8, 4) is 0 Å². The maximum absolute atomic E-state index is 11.4. The lowest BCUT2D eigenvalue weighted by molar-refractivity contribution is 0.598. The van der Waals surface area contributed by atoms with Gasteiger partial charge in [0.15, 0.2) is 5.13 Å². The van der Waals surface area contributed by atoms with Gasteiger partial charge in [0, 0.05) is 5.69 Å². The summed E-state index contributed by atoms with van der Waals surface area (Å²) in [6, 6.07) is 12.4. The smallest absolute Gasteiger partial charge is 0.238 e. The Bertz CT molecular complexity index is 917. The minimum absolute atomic E-state index is 0.0736. The van der Waals surface area contributed by atoms with Crippen LogP contribution in [0.1, 0.15) is 5.56 Å². The van der Waals surface area contributed by atoms with Gasteiger partial charge in [-0.15, -0.1) is 0 Å².